The minimum absolute atomic E-state index is 0.127. The molecule has 22 heavy (non-hydrogen) atoms. The Hall–Kier alpha value is -2.41. The van der Waals surface area contributed by atoms with Gasteiger partial charge in [0.05, 0.1) is 12.7 Å². The van der Waals surface area contributed by atoms with Crippen LogP contribution in [-0.4, -0.2) is 47.5 Å². The highest BCUT2D eigenvalue weighted by Crippen LogP contribution is 2.09. The van der Waals surface area contributed by atoms with E-state index in [0.29, 0.717) is 24.5 Å². The summed E-state index contributed by atoms with van der Waals surface area (Å²) in [7, 11) is 1.56. The number of imidazole rings is 1. The Morgan fingerprint density at radius 1 is 1.32 bits per heavy atom. The van der Waals surface area contributed by atoms with Crippen molar-refractivity contribution in [2.45, 2.75) is 20.0 Å². The number of nitrogens with one attached hydrogen (secondary N) is 2. The zero-order chi connectivity index (χ0) is 16.1. The van der Waals surface area contributed by atoms with Crippen LogP contribution in [0.5, 0.6) is 0 Å². The summed E-state index contributed by atoms with van der Waals surface area (Å²) in [6.07, 6.45) is 1.68. The maximum absolute atomic E-state index is 12.1. The number of hydrogen-bond acceptors (Lipinski definition) is 4. The summed E-state index contributed by atoms with van der Waals surface area (Å²) in [6, 6.07) is 5.14. The number of rotatable bonds is 6. The predicted molar refractivity (Wildman–Crippen MR) is 82.0 cm³/mol. The zero-order valence-corrected chi connectivity index (χ0v) is 12.9. The van der Waals surface area contributed by atoms with E-state index in [9.17, 15) is 9.59 Å². The number of amides is 2. The van der Waals surface area contributed by atoms with Gasteiger partial charge in [0, 0.05) is 19.8 Å². The lowest BCUT2D eigenvalue weighted by atomic mass is 10.3. The second-order valence-corrected chi connectivity index (χ2v) is 5.02. The third-order valence-corrected chi connectivity index (χ3v) is 3.02. The quantitative estimate of drug-likeness (QED) is 0.775. The second kappa shape index (κ2) is 7.04. The Bertz CT molecular complexity index is 678. The number of ether oxygens (including phenoxy) is 1. The molecule has 2 rings (SSSR count). The van der Waals surface area contributed by atoms with Crippen LogP contribution in [0.15, 0.2) is 24.4 Å². The molecular weight excluding hydrogens is 284 g/mol. The van der Waals surface area contributed by atoms with E-state index in [4.69, 9.17) is 4.74 Å². The summed E-state index contributed by atoms with van der Waals surface area (Å²) in [5.41, 5.74) is 1.24. The van der Waals surface area contributed by atoms with Crippen molar-refractivity contribution in [3.05, 3.63) is 35.8 Å². The SMILES string of the molecule is CNC(=O)c1cccc2nc(C(=O)NCCOC(C)C)cn12. The maximum Gasteiger partial charge on any atom is 0.271 e. The van der Waals surface area contributed by atoms with Crippen LogP contribution in [0.25, 0.3) is 5.65 Å². The lowest BCUT2D eigenvalue weighted by Gasteiger charge is -2.07. The summed E-state index contributed by atoms with van der Waals surface area (Å²) < 4.78 is 6.95. The van der Waals surface area contributed by atoms with Crippen LogP contribution in [-0.2, 0) is 4.74 Å². The van der Waals surface area contributed by atoms with E-state index in [1.807, 2.05) is 13.8 Å². The van der Waals surface area contributed by atoms with E-state index in [-0.39, 0.29) is 23.6 Å². The molecular formula is C15H20N4O3. The van der Waals surface area contributed by atoms with Crippen molar-refractivity contribution in [2.24, 2.45) is 0 Å². The van der Waals surface area contributed by atoms with E-state index < -0.39 is 0 Å². The number of aromatic nitrogens is 2. The predicted octanol–water partition coefficient (Wildman–Crippen LogP) is 0.849. The lowest BCUT2D eigenvalue weighted by Crippen LogP contribution is -2.28. The minimum atomic E-state index is -0.293. The molecule has 0 radical (unpaired) electrons. The standard InChI is InChI=1S/C15H20N4O3/c1-10(2)22-8-7-17-14(20)11-9-19-12(15(21)16-3)5-4-6-13(19)18-11/h4-6,9-10H,7-8H2,1-3H3,(H,16,21)(H,17,20). The number of nitrogens with zero attached hydrogens (tertiary/aromatic N) is 2. The summed E-state index contributed by atoms with van der Waals surface area (Å²) in [6.45, 7) is 4.72. The molecule has 0 saturated heterocycles. The molecule has 2 aromatic rings. The van der Waals surface area contributed by atoms with Gasteiger partial charge in [0.2, 0.25) is 0 Å². The number of hydrogen-bond donors (Lipinski definition) is 2. The molecule has 2 N–H and O–H groups in total. The van der Waals surface area contributed by atoms with Gasteiger partial charge < -0.3 is 15.4 Å². The van der Waals surface area contributed by atoms with E-state index in [0.717, 1.165) is 0 Å². The van der Waals surface area contributed by atoms with E-state index in [1.165, 1.54) is 0 Å². The molecule has 7 nitrogen and oxygen atoms in total. The topological polar surface area (TPSA) is 84.7 Å². The Labute approximate surface area is 128 Å². The highest BCUT2D eigenvalue weighted by atomic mass is 16.5. The molecule has 0 bridgehead atoms. The summed E-state index contributed by atoms with van der Waals surface area (Å²) >= 11 is 0. The van der Waals surface area contributed by atoms with Gasteiger partial charge in [-0.05, 0) is 26.0 Å². The Morgan fingerprint density at radius 2 is 2.09 bits per heavy atom. The third kappa shape index (κ3) is 3.62. The molecule has 0 aliphatic carbocycles. The van der Waals surface area contributed by atoms with E-state index >= 15 is 0 Å². The van der Waals surface area contributed by atoms with Crippen LogP contribution < -0.4 is 10.6 Å². The van der Waals surface area contributed by atoms with Crippen molar-refractivity contribution in [2.75, 3.05) is 20.2 Å². The van der Waals surface area contributed by atoms with Crippen molar-refractivity contribution < 1.29 is 14.3 Å². The zero-order valence-electron chi connectivity index (χ0n) is 12.9. The Kier molecular flexibility index (Phi) is 5.11. The molecule has 0 spiro atoms. The molecule has 0 aliphatic heterocycles. The molecule has 2 aromatic heterocycles. The average Bonchev–Trinajstić information content (AvgIpc) is 2.94. The summed E-state index contributed by atoms with van der Waals surface area (Å²) in [4.78, 5) is 28.1. The largest absolute Gasteiger partial charge is 0.377 e. The Morgan fingerprint density at radius 3 is 2.77 bits per heavy atom. The van der Waals surface area contributed by atoms with Gasteiger partial charge in [-0.15, -0.1) is 0 Å². The first-order chi connectivity index (χ1) is 10.5. The highest BCUT2D eigenvalue weighted by molar-refractivity contribution is 5.95. The normalized spacial score (nSPS) is 10.9. The number of carbonyl (C=O) groups is 2. The molecule has 0 aromatic carbocycles. The van der Waals surface area contributed by atoms with Crippen LogP contribution in [0.2, 0.25) is 0 Å². The monoisotopic (exact) mass is 304 g/mol. The number of fused-ring (bicyclic) bond motifs is 1. The van der Waals surface area contributed by atoms with Gasteiger partial charge in [-0.1, -0.05) is 6.07 Å². The van der Waals surface area contributed by atoms with Gasteiger partial charge in [-0.3, -0.25) is 14.0 Å². The fourth-order valence-corrected chi connectivity index (χ4v) is 1.98. The fraction of sp³-hybridized carbons (Fsp3) is 0.400. The van der Waals surface area contributed by atoms with E-state index in [2.05, 4.69) is 15.6 Å². The van der Waals surface area contributed by atoms with Gasteiger partial charge >= 0.3 is 0 Å². The van der Waals surface area contributed by atoms with Gasteiger partial charge in [-0.25, -0.2) is 4.98 Å². The van der Waals surface area contributed by atoms with Crippen molar-refractivity contribution >= 4 is 17.5 Å². The molecule has 0 unspecified atom stereocenters. The van der Waals surface area contributed by atoms with Crippen LogP contribution in [0, 0.1) is 0 Å². The van der Waals surface area contributed by atoms with Gasteiger partial charge in [0.1, 0.15) is 17.0 Å². The highest BCUT2D eigenvalue weighted by Gasteiger charge is 2.14. The lowest BCUT2D eigenvalue weighted by molar-refractivity contribution is 0.0745. The molecule has 0 saturated carbocycles. The summed E-state index contributed by atoms with van der Waals surface area (Å²) in [5, 5.41) is 5.30. The minimum Gasteiger partial charge on any atom is -0.377 e. The number of carbonyl (C=O) groups excluding carboxylic acids is 2. The van der Waals surface area contributed by atoms with E-state index in [1.54, 1.807) is 35.8 Å². The van der Waals surface area contributed by atoms with Crippen LogP contribution in [0.1, 0.15) is 34.8 Å². The van der Waals surface area contributed by atoms with Crippen LogP contribution >= 0.6 is 0 Å². The smallest absolute Gasteiger partial charge is 0.271 e. The third-order valence-electron chi connectivity index (χ3n) is 3.02. The molecule has 0 atom stereocenters. The molecule has 2 heterocycles. The first-order valence-corrected chi connectivity index (χ1v) is 7.13. The van der Waals surface area contributed by atoms with Crippen molar-refractivity contribution in [3.8, 4) is 0 Å². The fourth-order valence-electron chi connectivity index (χ4n) is 1.98. The maximum atomic E-state index is 12.1. The Balaban J connectivity index is 2.12. The van der Waals surface area contributed by atoms with Gasteiger partial charge in [0.15, 0.2) is 0 Å². The molecule has 0 aliphatic rings. The van der Waals surface area contributed by atoms with Gasteiger partial charge in [-0.2, -0.15) is 0 Å². The number of pyridine rings is 1. The summed E-state index contributed by atoms with van der Waals surface area (Å²) in [5.74, 6) is -0.529. The van der Waals surface area contributed by atoms with Crippen molar-refractivity contribution in [1.82, 2.24) is 20.0 Å². The van der Waals surface area contributed by atoms with Crippen LogP contribution in [0.3, 0.4) is 0 Å². The van der Waals surface area contributed by atoms with Crippen molar-refractivity contribution in [1.29, 1.82) is 0 Å². The second-order valence-electron chi connectivity index (χ2n) is 5.02. The van der Waals surface area contributed by atoms with Crippen LogP contribution in [0.4, 0.5) is 0 Å². The molecule has 118 valence electrons. The molecule has 2 amide bonds. The molecule has 7 heteroatoms. The van der Waals surface area contributed by atoms with Gasteiger partial charge in [0.25, 0.3) is 11.8 Å². The first-order valence-electron chi connectivity index (χ1n) is 7.13. The average molecular weight is 304 g/mol. The first kappa shape index (κ1) is 16.0. The molecule has 0 fully saturated rings. The van der Waals surface area contributed by atoms with Crippen molar-refractivity contribution in [3.63, 3.8) is 0 Å².